The van der Waals surface area contributed by atoms with Gasteiger partial charge >= 0.3 is 0 Å². The monoisotopic (exact) mass is 461 g/mol. The van der Waals surface area contributed by atoms with E-state index in [1.54, 1.807) is 6.08 Å². The van der Waals surface area contributed by atoms with Crippen LogP contribution in [0.25, 0.3) is 6.08 Å². The van der Waals surface area contributed by atoms with Crippen LogP contribution in [0, 0.1) is 13.8 Å². The average Bonchev–Trinajstić information content (AvgIpc) is 3.17. The molecule has 28 heavy (non-hydrogen) atoms. The van der Waals surface area contributed by atoms with Gasteiger partial charge in [0.15, 0.2) is 5.17 Å². The summed E-state index contributed by atoms with van der Waals surface area (Å²) in [4.78, 5) is 19.6. The van der Waals surface area contributed by atoms with Gasteiger partial charge in [-0.3, -0.25) is 4.79 Å². The number of nitrogens with one attached hydrogen (secondary N) is 1. The molecule has 0 bridgehead atoms. The number of nitrogens with zero attached hydrogens (tertiary/aromatic N) is 2. The van der Waals surface area contributed by atoms with Crippen LogP contribution in [0.5, 0.6) is 0 Å². The number of thioether (sulfide) groups is 1. The quantitative estimate of drug-likeness (QED) is 0.686. The number of carbonyl (C=O) groups excluding carboxylic acids is 1. The van der Waals surface area contributed by atoms with Gasteiger partial charge < -0.3 is 19.4 Å². The summed E-state index contributed by atoms with van der Waals surface area (Å²) < 4.78 is 12.2. The Labute approximate surface area is 176 Å². The number of furan rings is 1. The maximum Gasteiger partial charge on any atom is 0.264 e. The summed E-state index contributed by atoms with van der Waals surface area (Å²) in [5.41, 5.74) is 3.11. The predicted molar refractivity (Wildman–Crippen MR) is 116 cm³/mol. The van der Waals surface area contributed by atoms with E-state index in [1.165, 1.54) is 11.8 Å². The van der Waals surface area contributed by atoms with Crippen molar-refractivity contribution in [3.05, 3.63) is 50.5 Å². The Morgan fingerprint density at radius 1 is 1.18 bits per heavy atom. The van der Waals surface area contributed by atoms with Crippen LogP contribution in [0.2, 0.25) is 0 Å². The molecule has 1 aromatic carbocycles. The van der Waals surface area contributed by atoms with Crippen LogP contribution in [0.4, 0.5) is 11.6 Å². The van der Waals surface area contributed by atoms with Gasteiger partial charge in [-0.05, 0) is 64.8 Å². The van der Waals surface area contributed by atoms with Gasteiger partial charge in [-0.15, -0.1) is 0 Å². The van der Waals surface area contributed by atoms with Crippen molar-refractivity contribution in [3.8, 4) is 0 Å². The normalized spacial score (nSPS) is 20.2. The van der Waals surface area contributed by atoms with E-state index in [0.29, 0.717) is 29.0 Å². The largest absolute Gasteiger partial charge is 0.440 e. The Morgan fingerprint density at radius 2 is 1.89 bits per heavy atom. The minimum atomic E-state index is -0.173. The lowest BCUT2D eigenvalue weighted by molar-refractivity contribution is -0.115. The van der Waals surface area contributed by atoms with E-state index in [-0.39, 0.29) is 5.91 Å². The first-order chi connectivity index (χ1) is 13.5. The van der Waals surface area contributed by atoms with Crippen LogP contribution < -0.4 is 10.2 Å². The van der Waals surface area contributed by atoms with Crippen molar-refractivity contribution in [2.45, 2.75) is 13.8 Å². The lowest BCUT2D eigenvalue weighted by atomic mass is 10.1. The molecule has 0 spiro atoms. The van der Waals surface area contributed by atoms with Crippen molar-refractivity contribution >= 4 is 56.4 Å². The summed E-state index contributed by atoms with van der Waals surface area (Å²) in [6.07, 6.45) is 1.75. The second kappa shape index (κ2) is 8.14. The summed E-state index contributed by atoms with van der Waals surface area (Å²) in [5, 5.41) is 3.39. The van der Waals surface area contributed by atoms with Crippen molar-refractivity contribution in [2.24, 2.45) is 4.99 Å². The molecule has 2 aliphatic rings. The van der Waals surface area contributed by atoms with E-state index in [2.05, 4.69) is 37.2 Å². The smallest absolute Gasteiger partial charge is 0.264 e. The number of rotatable bonds is 3. The molecule has 0 aliphatic carbocycles. The van der Waals surface area contributed by atoms with Crippen molar-refractivity contribution in [1.82, 2.24) is 5.32 Å². The van der Waals surface area contributed by atoms with E-state index >= 15 is 0 Å². The fraction of sp³-hybridized carbons (Fsp3) is 0.300. The molecule has 3 heterocycles. The Kier molecular flexibility index (Phi) is 5.61. The van der Waals surface area contributed by atoms with Gasteiger partial charge in [0.25, 0.3) is 5.91 Å². The minimum absolute atomic E-state index is 0.173. The molecule has 6 nitrogen and oxygen atoms in total. The first kappa shape index (κ1) is 19.3. The molecule has 146 valence electrons. The number of ether oxygens (including phenoxy) is 1. The first-order valence-electron chi connectivity index (χ1n) is 8.98. The first-order valence-corrected chi connectivity index (χ1v) is 10.6. The van der Waals surface area contributed by atoms with E-state index in [9.17, 15) is 4.79 Å². The summed E-state index contributed by atoms with van der Waals surface area (Å²) in [5.74, 6) is 1.22. The highest BCUT2D eigenvalue weighted by Crippen LogP contribution is 2.34. The number of carbonyl (C=O) groups is 1. The van der Waals surface area contributed by atoms with Gasteiger partial charge in [-0.2, -0.15) is 0 Å². The second-order valence-electron chi connectivity index (χ2n) is 6.73. The van der Waals surface area contributed by atoms with Crippen molar-refractivity contribution in [3.63, 3.8) is 0 Å². The topological polar surface area (TPSA) is 67.1 Å². The summed E-state index contributed by atoms with van der Waals surface area (Å²) in [6.45, 7) is 6.99. The molecular formula is C20H20BrN3O3S. The molecule has 0 atom stereocenters. The molecule has 2 aromatic rings. The van der Waals surface area contributed by atoms with Crippen LogP contribution >= 0.6 is 27.7 Å². The number of hydrogen-bond acceptors (Lipinski definition) is 6. The maximum absolute atomic E-state index is 12.3. The molecule has 0 saturated carbocycles. The van der Waals surface area contributed by atoms with E-state index in [4.69, 9.17) is 9.15 Å². The van der Waals surface area contributed by atoms with Gasteiger partial charge in [0.05, 0.1) is 28.3 Å². The third-order valence-electron chi connectivity index (χ3n) is 4.35. The van der Waals surface area contributed by atoms with Gasteiger partial charge in [0.1, 0.15) is 5.76 Å². The molecular weight excluding hydrogens is 442 g/mol. The van der Waals surface area contributed by atoms with Crippen molar-refractivity contribution in [2.75, 3.05) is 31.2 Å². The third kappa shape index (κ3) is 4.34. The number of amides is 1. The highest BCUT2D eigenvalue weighted by molar-refractivity contribution is 9.10. The van der Waals surface area contributed by atoms with E-state index < -0.39 is 0 Å². The highest BCUT2D eigenvalue weighted by atomic mass is 79.9. The molecule has 2 fully saturated rings. The number of anilines is 1. The van der Waals surface area contributed by atoms with Crippen LogP contribution in [0.3, 0.4) is 0 Å². The Balaban J connectivity index is 1.54. The SMILES string of the molecule is Cc1cc(C)cc(N=C2NC(=O)/C(=C/c3cc(Br)c(N4CCOCC4)o3)S2)c1. The summed E-state index contributed by atoms with van der Waals surface area (Å²) in [6, 6.07) is 7.96. The van der Waals surface area contributed by atoms with Gasteiger partial charge in [0, 0.05) is 25.2 Å². The van der Waals surface area contributed by atoms with Crippen LogP contribution in [0.15, 0.2) is 43.1 Å². The molecule has 1 amide bonds. The Hall–Kier alpha value is -2.03. The maximum atomic E-state index is 12.3. The van der Waals surface area contributed by atoms with Gasteiger partial charge in [0.2, 0.25) is 5.88 Å². The lowest BCUT2D eigenvalue weighted by Crippen LogP contribution is -2.36. The second-order valence-corrected chi connectivity index (χ2v) is 8.61. The average molecular weight is 462 g/mol. The van der Waals surface area contributed by atoms with Crippen LogP contribution in [0.1, 0.15) is 16.9 Å². The summed E-state index contributed by atoms with van der Waals surface area (Å²) >= 11 is 4.86. The third-order valence-corrected chi connectivity index (χ3v) is 5.83. The number of aliphatic imine (C=N–C) groups is 1. The zero-order chi connectivity index (χ0) is 19.7. The number of hydrogen-bond donors (Lipinski definition) is 1. The number of aryl methyl sites for hydroxylation is 2. The fourth-order valence-electron chi connectivity index (χ4n) is 3.17. The van der Waals surface area contributed by atoms with Gasteiger partial charge in [-0.1, -0.05) is 6.07 Å². The van der Waals surface area contributed by atoms with Gasteiger partial charge in [-0.25, -0.2) is 4.99 Å². The van der Waals surface area contributed by atoms with E-state index in [1.807, 2.05) is 32.0 Å². The van der Waals surface area contributed by atoms with Crippen LogP contribution in [-0.2, 0) is 9.53 Å². The molecule has 0 unspecified atom stereocenters. The zero-order valence-electron chi connectivity index (χ0n) is 15.6. The molecule has 1 N–H and O–H groups in total. The predicted octanol–water partition coefficient (Wildman–Crippen LogP) is 4.39. The number of morpholine rings is 1. The lowest BCUT2D eigenvalue weighted by Gasteiger charge is -2.26. The van der Waals surface area contributed by atoms with E-state index in [0.717, 1.165) is 40.3 Å². The number of amidine groups is 1. The summed E-state index contributed by atoms with van der Waals surface area (Å²) in [7, 11) is 0. The minimum Gasteiger partial charge on any atom is -0.440 e. The molecule has 8 heteroatoms. The molecule has 2 saturated heterocycles. The standard InChI is InChI=1S/C20H20BrN3O3S/c1-12-7-13(2)9-14(8-12)22-20-23-18(25)17(28-20)11-15-10-16(21)19(27-15)24-3-5-26-6-4-24/h7-11H,3-6H2,1-2H3,(H,22,23,25)/b17-11-. The Bertz CT molecular complexity index is 957. The highest BCUT2D eigenvalue weighted by Gasteiger charge is 2.25. The van der Waals surface area contributed by atoms with Crippen molar-refractivity contribution in [1.29, 1.82) is 0 Å². The fourth-order valence-corrected chi connectivity index (χ4v) is 4.55. The zero-order valence-corrected chi connectivity index (χ0v) is 18.0. The molecule has 4 rings (SSSR count). The number of benzene rings is 1. The molecule has 2 aliphatic heterocycles. The number of halogens is 1. The van der Waals surface area contributed by atoms with Crippen LogP contribution in [-0.4, -0.2) is 37.4 Å². The molecule has 0 radical (unpaired) electrons. The molecule has 1 aromatic heterocycles. The van der Waals surface area contributed by atoms with Crippen molar-refractivity contribution < 1.29 is 13.9 Å². The Morgan fingerprint density at radius 3 is 2.61 bits per heavy atom.